The topological polar surface area (TPSA) is 70.8 Å². The molecule has 1 rings (SSSR count). The third-order valence-electron chi connectivity index (χ3n) is 2.60. The van der Waals surface area contributed by atoms with Crippen LogP contribution in [-0.2, 0) is 15.3 Å². The molecule has 0 fully saturated rings. The summed E-state index contributed by atoms with van der Waals surface area (Å²) >= 11 is 1.58. The summed E-state index contributed by atoms with van der Waals surface area (Å²) in [5, 5.41) is 0. The SMILES string of the molecule is CCOC(=O)C(N)CSCc1ccc(OC)c(OC)c1. The van der Waals surface area contributed by atoms with Crippen LogP contribution in [0.15, 0.2) is 18.2 Å². The number of carbonyl (C=O) groups excluding carboxylic acids is 1. The van der Waals surface area contributed by atoms with Gasteiger partial charge in [-0.2, -0.15) is 11.8 Å². The van der Waals surface area contributed by atoms with E-state index in [1.807, 2.05) is 18.2 Å². The van der Waals surface area contributed by atoms with Crippen LogP contribution >= 0.6 is 11.8 Å². The van der Waals surface area contributed by atoms with E-state index in [9.17, 15) is 4.79 Å². The van der Waals surface area contributed by atoms with Crippen molar-refractivity contribution in [1.82, 2.24) is 0 Å². The molecule has 0 aliphatic heterocycles. The summed E-state index contributed by atoms with van der Waals surface area (Å²) in [6.07, 6.45) is 0. The van der Waals surface area contributed by atoms with Gasteiger partial charge in [-0.3, -0.25) is 4.79 Å². The lowest BCUT2D eigenvalue weighted by Gasteiger charge is -2.11. The van der Waals surface area contributed by atoms with Crippen molar-refractivity contribution in [1.29, 1.82) is 0 Å². The lowest BCUT2D eigenvalue weighted by Crippen LogP contribution is -2.34. The summed E-state index contributed by atoms with van der Waals surface area (Å²) in [5.41, 5.74) is 6.82. The number of esters is 1. The Morgan fingerprint density at radius 3 is 2.60 bits per heavy atom. The molecule has 0 heterocycles. The highest BCUT2D eigenvalue weighted by Gasteiger charge is 2.14. The Kier molecular flexibility index (Phi) is 7.25. The predicted octanol–water partition coefficient (Wildman–Crippen LogP) is 1.83. The minimum absolute atomic E-state index is 0.354. The molecule has 0 saturated heterocycles. The van der Waals surface area contributed by atoms with Crippen molar-refractivity contribution in [3.05, 3.63) is 23.8 Å². The summed E-state index contributed by atoms with van der Waals surface area (Å²) in [4.78, 5) is 11.4. The number of hydrogen-bond donors (Lipinski definition) is 1. The van der Waals surface area contributed by atoms with Crippen molar-refractivity contribution in [2.24, 2.45) is 5.73 Å². The van der Waals surface area contributed by atoms with Crippen LogP contribution in [0.4, 0.5) is 0 Å². The molecule has 0 aromatic heterocycles. The van der Waals surface area contributed by atoms with Gasteiger partial charge < -0.3 is 19.9 Å². The van der Waals surface area contributed by atoms with Crippen molar-refractivity contribution in [3.63, 3.8) is 0 Å². The minimum atomic E-state index is -0.583. The molecule has 0 spiro atoms. The highest BCUT2D eigenvalue weighted by Crippen LogP contribution is 2.29. The van der Waals surface area contributed by atoms with Crippen molar-refractivity contribution in [3.8, 4) is 11.5 Å². The van der Waals surface area contributed by atoms with E-state index in [4.69, 9.17) is 19.9 Å². The molecule has 112 valence electrons. The van der Waals surface area contributed by atoms with E-state index in [0.717, 1.165) is 11.3 Å². The Labute approximate surface area is 123 Å². The van der Waals surface area contributed by atoms with Crippen molar-refractivity contribution >= 4 is 17.7 Å². The first-order valence-electron chi connectivity index (χ1n) is 6.33. The van der Waals surface area contributed by atoms with Crippen LogP contribution < -0.4 is 15.2 Å². The van der Waals surface area contributed by atoms with Crippen LogP contribution in [0, 0.1) is 0 Å². The first-order chi connectivity index (χ1) is 9.62. The van der Waals surface area contributed by atoms with Gasteiger partial charge in [0.05, 0.1) is 20.8 Å². The van der Waals surface area contributed by atoms with Crippen LogP contribution in [0.3, 0.4) is 0 Å². The smallest absolute Gasteiger partial charge is 0.323 e. The number of methoxy groups -OCH3 is 2. The van der Waals surface area contributed by atoms with Gasteiger partial charge in [0, 0.05) is 11.5 Å². The highest BCUT2D eigenvalue weighted by molar-refractivity contribution is 7.98. The summed E-state index contributed by atoms with van der Waals surface area (Å²) in [7, 11) is 3.20. The quantitative estimate of drug-likeness (QED) is 0.738. The van der Waals surface area contributed by atoms with Gasteiger partial charge in [-0.15, -0.1) is 0 Å². The van der Waals surface area contributed by atoms with Crippen LogP contribution in [0.1, 0.15) is 12.5 Å². The monoisotopic (exact) mass is 299 g/mol. The molecule has 1 aromatic carbocycles. The number of benzene rings is 1. The molecule has 2 N–H and O–H groups in total. The number of ether oxygens (including phenoxy) is 3. The Hall–Kier alpha value is -1.40. The molecule has 1 aromatic rings. The molecule has 5 nitrogen and oxygen atoms in total. The highest BCUT2D eigenvalue weighted by atomic mass is 32.2. The lowest BCUT2D eigenvalue weighted by molar-refractivity contribution is -0.144. The average Bonchev–Trinajstić information content (AvgIpc) is 2.47. The zero-order valence-corrected chi connectivity index (χ0v) is 12.9. The van der Waals surface area contributed by atoms with E-state index >= 15 is 0 Å². The third kappa shape index (κ3) is 4.94. The average molecular weight is 299 g/mol. The first-order valence-corrected chi connectivity index (χ1v) is 7.48. The number of hydrogen-bond acceptors (Lipinski definition) is 6. The Morgan fingerprint density at radius 2 is 2.00 bits per heavy atom. The number of rotatable bonds is 8. The van der Waals surface area contributed by atoms with E-state index in [0.29, 0.717) is 23.9 Å². The van der Waals surface area contributed by atoms with Gasteiger partial charge in [-0.1, -0.05) is 6.07 Å². The molecular formula is C14H21NO4S. The molecule has 0 aliphatic carbocycles. The molecule has 0 radical (unpaired) electrons. The molecule has 1 unspecified atom stereocenters. The molecule has 20 heavy (non-hydrogen) atoms. The molecule has 6 heteroatoms. The van der Waals surface area contributed by atoms with E-state index in [-0.39, 0.29) is 5.97 Å². The summed E-state index contributed by atoms with van der Waals surface area (Å²) in [6, 6.07) is 5.16. The van der Waals surface area contributed by atoms with Gasteiger partial charge in [0.25, 0.3) is 0 Å². The molecule has 0 aliphatic rings. The third-order valence-corrected chi connectivity index (χ3v) is 3.74. The van der Waals surface area contributed by atoms with Gasteiger partial charge in [0.1, 0.15) is 6.04 Å². The molecule has 0 bridgehead atoms. The van der Waals surface area contributed by atoms with Crippen LogP contribution in [0.25, 0.3) is 0 Å². The minimum Gasteiger partial charge on any atom is -0.493 e. The normalized spacial score (nSPS) is 11.8. The number of thioether (sulfide) groups is 1. The van der Waals surface area contributed by atoms with Crippen LogP contribution in [-0.4, -0.2) is 38.6 Å². The molecule has 0 amide bonds. The fraction of sp³-hybridized carbons (Fsp3) is 0.500. The maximum atomic E-state index is 11.4. The van der Waals surface area contributed by atoms with Crippen LogP contribution in [0.5, 0.6) is 11.5 Å². The van der Waals surface area contributed by atoms with Gasteiger partial charge >= 0.3 is 5.97 Å². The van der Waals surface area contributed by atoms with E-state index in [1.165, 1.54) is 0 Å². The zero-order valence-electron chi connectivity index (χ0n) is 12.0. The maximum Gasteiger partial charge on any atom is 0.323 e. The molecule has 1 atom stereocenters. The molecule has 0 saturated carbocycles. The fourth-order valence-corrected chi connectivity index (χ4v) is 2.51. The zero-order chi connectivity index (χ0) is 15.0. The van der Waals surface area contributed by atoms with E-state index < -0.39 is 6.04 Å². The number of carbonyl (C=O) groups is 1. The van der Waals surface area contributed by atoms with Gasteiger partial charge in [-0.25, -0.2) is 0 Å². The van der Waals surface area contributed by atoms with Crippen molar-refractivity contribution in [2.75, 3.05) is 26.6 Å². The second-order valence-corrected chi connectivity index (χ2v) is 5.09. The second kappa shape index (κ2) is 8.71. The van der Waals surface area contributed by atoms with Gasteiger partial charge in [0.2, 0.25) is 0 Å². The Bertz CT molecular complexity index is 439. The van der Waals surface area contributed by atoms with Crippen molar-refractivity contribution < 1.29 is 19.0 Å². The summed E-state index contributed by atoms with van der Waals surface area (Å²) in [5.74, 6) is 2.30. The summed E-state index contributed by atoms with van der Waals surface area (Å²) < 4.78 is 15.3. The maximum absolute atomic E-state index is 11.4. The Morgan fingerprint density at radius 1 is 1.30 bits per heavy atom. The van der Waals surface area contributed by atoms with Crippen molar-refractivity contribution in [2.45, 2.75) is 18.7 Å². The largest absolute Gasteiger partial charge is 0.493 e. The lowest BCUT2D eigenvalue weighted by atomic mass is 10.2. The first kappa shape index (κ1) is 16.7. The molecular weight excluding hydrogens is 278 g/mol. The van der Waals surface area contributed by atoms with Crippen LogP contribution in [0.2, 0.25) is 0 Å². The summed E-state index contributed by atoms with van der Waals surface area (Å²) in [6.45, 7) is 2.12. The number of nitrogens with two attached hydrogens (primary N) is 1. The standard InChI is InChI=1S/C14H21NO4S/c1-4-19-14(16)11(15)9-20-8-10-5-6-12(17-2)13(7-10)18-3/h5-7,11H,4,8-9,15H2,1-3H3. The second-order valence-electron chi connectivity index (χ2n) is 4.06. The van der Waals surface area contributed by atoms with E-state index in [1.54, 1.807) is 32.9 Å². The van der Waals surface area contributed by atoms with E-state index in [2.05, 4.69) is 0 Å². The Balaban J connectivity index is 2.48. The van der Waals surface area contributed by atoms with Gasteiger partial charge in [-0.05, 0) is 24.6 Å². The fourth-order valence-electron chi connectivity index (χ4n) is 1.59. The predicted molar refractivity (Wildman–Crippen MR) is 80.3 cm³/mol. The van der Waals surface area contributed by atoms with Gasteiger partial charge in [0.15, 0.2) is 11.5 Å².